The van der Waals surface area contributed by atoms with Crippen molar-refractivity contribution in [3.63, 3.8) is 0 Å². The zero-order valence-corrected chi connectivity index (χ0v) is 7.74. The Hall–Kier alpha value is -1.64. The highest BCUT2D eigenvalue weighted by Gasteiger charge is 2.01. The predicted octanol–water partition coefficient (Wildman–Crippen LogP) is 2.08. The van der Waals surface area contributed by atoms with Crippen LogP contribution in [-0.4, -0.2) is 18.8 Å². The molecular weight excluding hydrogens is 164 g/mol. The van der Waals surface area contributed by atoms with E-state index >= 15 is 0 Å². The van der Waals surface area contributed by atoms with Gasteiger partial charge in [0.15, 0.2) is 0 Å². The fourth-order valence-electron chi connectivity index (χ4n) is 0.961. The molecule has 0 saturated heterocycles. The topological polar surface area (TPSA) is 45.4 Å². The van der Waals surface area contributed by atoms with Gasteiger partial charge in [0.2, 0.25) is 5.90 Å². The lowest BCUT2D eigenvalue weighted by molar-refractivity contribution is 0.405. The predicted molar refractivity (Wildman–Crippen MR) is 53.4 cm³/mol. The molecule has 3 nitrogen and oxygen atoms in total. The van der Waals surface area contributed by atoms with Crippen molar-refractivity contribution in [2.45, 2.75) is 6.92 Å². The van der Waals surface area contributed by atoms with Crippen molar-refractivity contribution in [3.8, 4) is 0 Å². The lowest BCUT2D eigenvalue weighted by atomic mass is 10.2. The molecule has 0 heterocycles. The van der Waals surface area contributed by atoms with Crippen molar-refractivity contribution in [2.75, 3.05) is 7.11 Å². The van der Waals surface area contributed by atoms with Crippen LogP contribution in [0.1, 0.15) is 12.5 Å². The van der Waals surface area contributed by atoms with Gasteiger partial charge >= 0.3 is 0 Å². The molecule has 3 heteroatoms. The number of ether oxygens (including phenoxy) is 1. The van der Waals surface area contributed by atoms with E-state index < -0.39 is 0 Å². The summed E-state index contributed by atoms with van der Waals surface area (Å²) in [5, 5.41) is 7.21. The van der Waals surface area contributed by atoms with Gasteiger partial charge in [-0.25, -0.2) is 0 Å². The number of nitrogens with one attached hydrogen (secondary N) is 1. The molecule has 0 bridgehead atoms. The van der Waals surface area contributed by atoms with Gasteiger partial charge in [-0.05, 0) is 19.1 Å². The summed E-state index contributed by atoms with van der Waals surface area (Å²) in [5.41, 5.74) is 0.886. The molecule has 0 radical (unpaired) electrons. The van der Waals surface area contributed by atoms with Gasteiger partial charge < -0.3 is 4.74 Å². The number of hydrogen-bond donors (Lipinski definition) is 1. The maximum atomic E-state index is 7.21. The van der Waals surface area contributed by atoms with Crippen molar-refractivity contribution in [3.05, 3.63) is 35.9 Å². The minimum Gasteiger partial charge on any atom is -0.481 e. The van der Waals surface area contributed by atoms with Crippen LogP contribution in [0.3, 0.4) is 0 Å². The van der Waals surface area contributed by atoms with Crippen LogP contribution in [0, 0.1) is 5.41 Å². The van der Waals surface area contributed by atoms with Crippen LogP contribution >= 0.6 is 0 Å². The van der Waals surface area contributed by atoms with Crippen LogP contribution in [0.15, 0.2) is 35.3 Å². The summed E-state index contributed by atoms with van der Waals surface area (Å²) >= 11 is 0. The third kappa shape index (κ3) is 2.71. The van der Waals surface area contributed by atoms with Crippen molar-refractivity contribution in [2.24, 2.45) is 4.99 Å². The largest absolute Gasteiger partial charge is 0.481 e. The van der Waals surface area contributed by atoms with Gasteiger partial charge in [0.25, 0.3) is 0 Å². The summed E-state index contributed by atoms with van der Waals surface area (Å²) in [6, 6.07) is 9.52. The van der Waals surface area contributed by atoms with Crippen molar-refractivity contribution in [1.29, 1.82) is 5.41 Å². The second kappa shape index (κ2) is 4.40. The second-order valence-corrected chi connectivity index (χ2v) is 2.57. The summed E-state index contributed by atoms with van der Waals surface area (Å²) in [6.45, 7) is 1.61. The van der Waals surface area contributed by atoms with Crippen molar-refractivity contribution >= 4 is 11.7 Å². The number of nitrogens with zero attached hydrogens (tertiary/aromatic N) is 1. The average Bonchev–Trinajstić information content (AvgIpc) is 2.15. The first-order valence-corrected chi connectivity index (χ1v) is 3.97. The molecule has 0 spiro atoms. The molecule has 0 saturated carbocycles. The van der Waals surface area contributed by atoms with Gasteiger partial charge in [0, 0.05) is 5.56 Å². The van der Waals surface area contributed by atoms with E-state index in [1.54, 1.807) is 14.0 Å². The highest BCUT2D eigenvalue weighted by molar-refractivity contribution is 6.01. The quantitative estimate of drug-likeness (QED) is 0.516. The monoisotopic (exact) mass is 176 g/mol. The van der Waals surface area contributed by atoms with Crippen LogP contribution in [0.2, 0.25) is 0 Å². The zero-order valence-electron chi connectivity index (χ0n) is 7.74. The van der Waals surface area contributed by atoms with Gasteiger partial charge in [0.1, 0.15) is 5.84 Å². The minimum atomic E-state index is 0.237. The van der Waals surface area contributed by atoms with Gasteiger partial charge in [-0.3, -0.25) is 5.41 Å². The van der Waals surface area contributed by atoms with Crippen LogP contribution < -0.4 is 0 Å². The summed E-state index contributed by atoms with van der Waals surface area (Å²) in [6.07, 6.45) is 0. The van der Waals surface area contributed by atoms with E-state index in [0.29, 0.717) is 5.90 Å². The first-order chi connectivity index (χ1) is 6.24. The molecule has 0 unspecified atom stereocenters. The third-order valence-corrected chi connectivity index (χ3v) is 1.48. The fraction of sp³-hybridized carbons (Fsp3) is 0.200. The van der Waals surface area contributed by atoms with Gasteiger partial charge in [-0.15, -0.1) is 0 Å². The normalized spacial score (nSPS) is 11.1. The highest BCUT2D eigenvalue weighted by Crippen LogP contribution is 2.01. The highest BCUT2D eigenvalue weighted by atomic mass is 16.5. The molecule has 1 aromatic carbocycles. The Balaban J connectivity index is 2.98. The first-order valence-electron chi connectivity index (χ1n) is 3.97. The molecular formula is C10H12N2O. The Morgan fingerprint density at radius 1 is 1.31 bits per heavy atom. The molecule has 1 rings (SSSR count). The number of benzene rings is 1. The van der Waals surface area contributed by atoms with Crippen LogP contribution in [0.25, 0.3) is 0 Å². The van der Waals surface area contributed by atoms with Crippen molar-refractivity contribution in [1.82, 2.24) is 0 Å². The molecule has 0 atom stereocenters. The molecule has 1 N–H and O–H groups in total. The smallest absolute Gasteiger partial charge is 0.222 e. The summed E-state index contributed by atoms with van der Waals surface area (Å²) in [4.78, 5) is 3.94. The summed E-state index contributed by atoms with van der Waals surface area (Å²) in [7, 11) is 1.55. The van der Waals surface area contributed by atoms with E-state index in [1.165, 1.54) is 0 Å². The van der Waals surface area contributed by atoms with E-state index in [4.69, 9.17) is 10.1 Å². The van der Waals surface area contributed by atoms with Gasteiger partial charge in [-0.2, -0.15) is 4.99 Å². The number of aliphatic imine (C=N–C) groups is 1. The van der Waals surface area contributed by atoms with E-state index in [1.807, 2.05) is 30.3 Å². The Kier molecular flexibility index (Phi) is 3.20. The zero-order chi connectivity index (χ0) is 9.68. The molecule has 0 fully saturated rings. The number of rotatable bonds is 1. The molecule has 68 valence electrons. The number of hydrogen-bond acceptors (Lipinski definition) is 2. The Morgan fingerprint density at radius 2 is 1.92 bits per heavy atom. The van der Waals surface area contributed by atoms with Crippen LogP contribution in [0.5, 0.6) is 0 Å². The SMILES string of the molecule is COC(=NC(C)=N)c1ccccc1. The maximum Gasteiger partial charge on any atom is 0.222 e. The molecule has 0 aromatic heterocycles. The third-order valence-electron chi connectivity index (χ3n) is 1.48. The molecule has 0 aliphatic rings. The first kappa shape index (κ1) is 9.45. The van der Waals surface area contributed by atoms with E-state index in [-0.39, 0.29) is 5.84 Å². The minimum absolute atomic E-state index is 0.237. The molecule has 1 aromatic rings. The Bertz CT molecular complexity index is 317. The molecule has 0 amide bonds. The standard InChI is InChI=1S/C10H12N2O/c1-8(11)12-10(13-2)9-6-4-3-5-7-9/h3-7,11H,1-2H3. The molecule has 0 aliphatic carbocycles. The van der Waals surface area contributed by atoms with E-state index in [2.05, 4.69) is 4.99 Å². The number of methoxy groups -OCH3 is 1. The Morgan fingerprint density at radius 3 is 2.38 bits per heavy atom. The maximum absolute atomic E-state index is 7.21. The van der Waals surface area contributed by atoms with Gasteiger partial charge in [-0.1, -0.05) is 18.2 Å². The summed E-state index contributed by atoms with van der Waals surface area (Å²) < 4.78 is 5.06. The average molecular weight is 176 g/mol. The van der Waals surface area contributed by atoms with Crippen molar-refractivity contribution < 1.29 is 4.74 Å². The Labute approximate surface area is 77.6 Å². The summed E-state index contributed by atoms with van der Waals surface area (Å²) in [5.74, 6) is 0.716. The van der Waals surface area contributed by atoms with Gasteiger partial charge in [0.05, 0.1) is 7.11 Å². The van der Waals surface area contributed by atoms with Crippen LogP contribution in [-0.2, 0) is 4.74 Å². The molecule has 13 heavy (non-hydrogen) atoms. The van der Waals surface area contributed by atoms with Crippen LogP contribution in [0.4, 0.5) is 0 Å². The fourth-order valence-corrected chi connectivity index (χ4v) is 0.961. The van der Waals surface area contributed by atoms with E-state index in [9.17, 15) is 0 Å². The molecule has 0 aliphatic heterocycles. The number of amidine groups is 1. The lowest BCUT2D eigenvalue weighted by Gasteiger charge is -2.03. The lowest BCUT2D eigenvalue weighted by Crippen LogP contribution is -2.05. The van der Waals surface area contributed by atoms with E-state index in [0.717, 1.165) is 5.56 Å². The second-order valence-electron chi connectivity index (χ2n) is 2.57.